The van der Waals surface area contributed by atoms with Gasteiger partial charge in [0.2, 0.25) is 0 Å². The highest BCUT2D eigenvalue weighted by Crippen LogP contribution is 2.19. The second-order valence-electron chi connectivity index (χ2n) is 6.32. The lowest BCUT2D eigenvalue weighted by Crippen LogP contribution is -2.50. The van der Waals surface area contributed by atoms with E-state index in [1.807, 2.05) is 38.4 Å². The Morgan fingerprint density at radius 1 is 0.960 bits per heavy atom. The fourth-order valence-corrected chi connectivity index (χ4v) is 3.17. The monoisotopic (exact) mass is 358 g/mol. The van der Waals surface area contributed by atoms with E-state index >= 15 is 0 Å². The van der Waals surface area contributed by atoms with Crippen molar-refractivity contribution in [2.45, 2.75) is 0 Å². The predicted octanol–water partition coefficient (Wildman–Crippen LogP) is 3.41. The van der Waals surface area contributed by atoms with Crippen molar-refractivity contribution in [3.05, 3.63) is 54.3 Å². The molecule has 0 saturated carbocycles. The molecule has 4 nitrogen and oxygen atoms in total. The van der Waals surface area contributed by atoms with Crippen LogP contribution in [0.25, 0.3) is 0 Å². The molecule has 1 fully saturated rings. The Morgan fingerprint density at radius 2 is 1.56 bits per heavy atom. The van der Waals surface area contributed by atoms with E-state index in [4.69, 9.17) is 12.2 Å². The van der Waals surface area contributed by atoms with Crippen LogP contribution in [0.3, 0.4) is 0 Å². The zero-order chi connectivity index (χ0) is 17.8. The number of hydrogen-bond donors (Lipinski definition) is 1. The summed E-state index contributed by atoms with van der Waals surface area (Å²) in [5, 5.41) is 4.06. The quantitative estimate of drug-likeness (QED) is 0.847. The third-order valence-corrected chi connectivity index (χ3v) is 4.75. The molecule has 1 aliphatic rings. The maximum absolute atomic E-state index is 13.0. The van der Waals surface area contributed by atoms with Crippen molar-refractivity contribution in [1.29, 1.82) is 0 Å². The standard InChI is InChI=1S/C19H23FN4S/c1-22(2)17-9-5-16(6-10-17)21-19(25)24-13-11-23(12-14-24)18-7-3-15(20)4-8-18/h3-10H,11-14H2,1-2H3,(H,21,25). The Labute approximate surface area is 153 Å². The molecule has 1 aliphatic heterocycles. The van der Waals surface area contributed by atoms with Crippen LogP contribution < -0.4 is 15.1 Å². The van der Waals surface area contributed by atoms with Gasteiger partial charge in [0.05, 0.1) is 0 Å². The van der Waals surface area contributed by atoms with Crippen molar-refractivity contribution in [2.24, 2.45) is 0 Å². The zero-order valence-electron chi connectivity index (χ0n) is 14.6. The fraction of sp³-hybridized carbons (Fsp3) is 0.316. The van der Waals surface area contributed by atoms with Crippen molar-refractivity contribution in [3.63, 3.8) is 0 Å². The molecular formula is C19H23FN4S. The van der Waals surface area contributed by atoms with Crippen molar-refractivity contribution in [3.8, 4) is 0 Å². The van der Waals surface area contributed by atoms with Crippen LogP contribution in [0.1, 0.15) is 0 Å². The maximum Gasteiger partial charge on any atom is 0.173 e. The first-order valence-corrected chi connectivity index (χ1v) is 8.77. The first kappa shape index (κ1) is 17.5. The number of thiocarbonyl (C=S) groups is 1. The number of piperazine rings is 1. The largest absolute Gasteiger partial charge is 0.378 e. The third-order valence-electron chi connectivity index (χ3n) is 4.39. The van der Waals surface area contributed by atoms with Crippen molar-refractivity contribution in [2.75, 3.05) is 55.4 Å². The Morgan fingerprint density at radius 3 is 2.12 bits per heavy atom. The molecule has 0 spiro atoms. The Balaban J connectivity index is 1.53. The minimum absolute atomic E-state index is 0.201. The molecule has 0 aromatic heterocycles. The van der Waals surface area contributed by atoms with E-state index in [0.717, 1.165) is 48.4 Å². The Hall–Kier alpha value is -2.34. The van der Waals surface area contributed by atoms with Gasteiger partial charge in [-0.3, -0.25) is 0 Å². The highest BCUT2D eigenvalue weighted by molar-refractivity contribution is 7.80. The summed E-state index contributed by atoms with van der Waals surface area (Å²) in [7, 11) is 4.04. The van der Waals surface area contributed by atoms with Gasteiger partial charge in [-0.1, -0.05) is 0 Å². The summed E-state index contributed by atoms with van der Waals surface area (Å²) >= 11 is 5.55. The minimum Gasteiger partial charge on any atom is -0.378 e. The molecule has 2 aromatic rings. The Kier molecular flexibility index (Phi) is 5.38. The number of benzene rings is 2. The molecular weight excluding hydrogens is 335 g/mol. The van der Waals surface area contributed by atoms with E-state index in [9.17, 15) is 4.39 Å². The van der Waals surface area contributed by atoms with Gasteiger partial charge in [0.25, 0.3) is 0 Å². The smallest absolute Gasteiger partial charge is 0.173 e. The Bertz CT molecular complexity index is 707. The lowest BCUT2D eigenvalue weighted by atomic mass is 10.2. The van der Waals surface area contributed by atoms with Gasteiger partial charge in [-0.15, -0.1) is 0 Å². The molecule has 0 amide bonds. The second-order valence-corrected chi connectivity index (χ2v) is 6.71. The number of rotatable bonds is 3. The highest BCUT2D eigenvalue weighted by Gasteiger charge is 2.19. The lowest BCUT2D eigenvalue weighted by Gasteiger charge is -2.37. The first-order chi connectivity index (χ1) is 12.0. The molecule has 0 aliphatic carbocycles. The molecule has 0 radical (unpaired) electrons. The van der Waals surface area contributed by atoms with Crippen molar-refractivity contribution in [1.82, 2.24) is 4.90 Å². The topological polar surface area (TPSA) is 21.8 Å². The van der Waals surface area contributed by atoms with E-state index in [-0.39, 0.29) is 5.82 Å². The van der Waals surface area contributed by atoms with Crippen LogP contribution in [0.5, 0.6) is 0 Å². The summed E-state index contributed by atoms with van der Waals surface area (Å²) in [5.74, 6) is -0.201. The van der Waals surface area contributed by atoms with E-state index in [0.29, 0.717) is 0 Å². The van der Waals surface area contributed by atoms with Crippen LogP contribution in [-0.4, -0.2) is 50.3 Å². The molecule has 25 heavy (non-hydrogen) atoms. The summed E-state index contributed by atoms with van der Waals surface area (Å²) in [5.41, 5.74) is 3.21. The summed E-state index contributed by atoms with van der Waals surface area (Å²) in [6.45, 7) is 3.43. The molecule has 1 heterocycles. The predicted molar refractivity (Wildman–Crippen MR) is 107 cm³/mol. The number of nitrogens with one attached hydrogen (secondary N) is 1. The van der Waals surface area contributed by atoms with Crippen molar-refractivity contribution < 1.29 is 4.39 Å². The minimum atomic E-state index is -0.201. The molecule has 132 valence electrons. The molecule has 0 bridgehead atoms. The second kappa shape index (κ2) is 7.70. The molecule has 0 unspecified atom stereocenters. The van der Waals surface area contributed by atoms with Crippen LogP contribution in [0, 0.1) is 5.82 Å². The summed E-state index contributed by atoms with van der Waals surface area (Å²) in [6.07, 6.45) is 0. The van der Waals surface area contributed by atoms with Crippen LogP contribution in [0.4, 0.5) is 21.5 Å². The van der Waals surface area contributed by atoms with Gasteiger partial charge < -0.3 is 20.0 Å². The molecule has 0 atom stereocenters. The van der Waals surface area contributed by atoms with Crippen LogP contribution in [-0.2, 0) is 0 Å². The summed E-state index contributed by atoms with van der Waals surface area (Å²) in [6, 6.07) is 14.9. The zero-order valence-corrected chi connectivity index (χ0v) is 15.4. The van der Waals surface area contributed by atoms with Crippen LogP contribution in [0.15, 0.2) is 48.5 Å². The number of hydrogen-bond acceptors (Lipinski definition) is 3. The molecule has 1 saturated heterocycles. The van der Waals surface area contributed by atoms with Crippen LogP contribution in [0.2, 0.25) is 0 Å². The molecule has 6 heteroatoms. The van der Waals surface area contributed by atoms with E-state index in [1.54, 1.807) is 0 Å². The van der Waals surface area contributed by atoms with E-state index < -0.39 is 0 Å². The number of anilines is 3. The van der Waals surface area contributed by atoms with Gasteiger partial charge in [0.15, 0.2) is 5.11 Å². The van der Waals surface area contributed by atoms with E-state index in [1.165, 1.54) is 12.1 Å². The van der Waals surface area contributed by atoms with Crippen molar-refractivity contribution >= 4 is 34.4 Å². The maximum atomic E-state index is 13.0. The molecule has 3 rings (SSSR count). The molecule has 2 aromatic carbocycles. The van der Waals surface area contributed by atoms with Gasteiger partial charge in [0.1, 0.15) is 5.82 Å². The average molecular weight is 358 g/mol. The lowest BCUT2D eigenvalue weighted by molar-refractivity contribution is 0.391. The van der Waals surface area contributed by atoms with Gasteiger partial charge in [-0.25, -0.2) is 4.39 Å². The summed E-state index contributed by atoms with van der Waals surface area (Å²) in [4.78, 5) is 6.50. The van der Waals surface area contributed by atoms with Crippen LogP contribution >= 0.6 is 12.2 Å². The molecule has 1 N–H and O–H groups in total. The first-order valence-electron chi connectivity index (χ1n) is 8.37. The third kappa shape index (κ3) is 4.39. The highest BCUT2D eigenvalue weighted by atomic mass is 32.1. The van der Waals surface area contributed by atoms with Gasteiger partial charge in [-0.05, 0) is 60.7 Å². The SMILES string of the molecule is CN(C)c1ccc(NC(=S)N2CCN(c3ccc(F)cc3)CC2)cc1. The fourth-order valence-electron chi connectivity index (χ4n) is 2.87. The normalized spacial score (nSPS) is 14.4. The summed E-state index contributed by atoms with van der Waals surface area (Å²) < 4.78 is 13.0. The van der Waals surface area contributed by atoms with Gasteiger partial charge >= 0.3 is 0 Å². The number of halogens is 1. The average Bonchev–Trinajstić information content (AvgIpc) is 2.63. The number of nitrogens with zero attached hydrogens (tertiary/aromatic N) is 3. The van der Waals surface area contributed by atoms with Gasteiger partial charge in [-0.2, -0.15) is 0 Å². The van der Waals surface area contributed by atoms with E-state index in [2.05, 4.69) is 32.1 Å². The van der Waals surface area contributed by atoms with Gasteiger partial charge in [0, 0.05) is 57.3 Å².